The van der Waals surface area contributed by atoms with Crippen LogP contribution >= 0.6 is 12.2 Å². The fourth-order valence-electron chi connectivity index (χ4n) is 3.73. The van der Waals surface area contributed by atoms with Gasteiger partial charge >= 0.3 is 0 Å². The Labute approximate surface area is 164 Å². The summed E-state index contributed by atoms with van der Waals surface area (Å²) in [5.74, 6) is 1.79. The predicted molar refractivity (Wildman–Crippen MR) is 110 cm³/mol. The molecule has 4 nitrogen and oxygen atoms in total. The van der Waals surface area contributed by atoms with Crippen LogP contribution < -0.4 is 10.1 Å². The quantitative estimate of drug-likeness (QED) is 0.787. The van der Waals surface area contributed by atoms with E-state index in [1.807, 2.05) is 67.4 Å². The summed E-state index contributed by atoms with van der Waals surface area (Å²) in [6, 6.07) is 15.7. The Bertz CT molecular complexity index is 934. The van der Waals surface area contributed by atoms with Crippen molar-refractivity contribution in [1.29, 1.82) is 0 Å². The molecular formula is C22H22N2O2S. The third-order valence-corrected chi connectivity index (χ3v) is 5.53. The summed E-state index contributed by atoms with van der Waals surface area (Å²) in [5.41, 5.74) is 4.08. The number of benzene rings is 2. The van der Waals surface area contributed by atoms with Crippen LogP contribution in [0.2, 0.25) is 0 Å². The first-order chi connectivity index (χ1) is 13.0. The molecule has 1 unspecified atom stereocenters. The summed E-state index contributed by atoms with van der Waals surface area (Å²) in [6.07, 6.45) is 2.39. The van der Waals surface area contributed by atoms with Crippen LogP contribution in [0.5, 0.6) is 11.5 Å². The van der Waals surface area contributed by atoms with Crippen LogP contribution in [0, 0.1) is 6.92 Å². The largest absolute Gasteiger partial charge is 0.457 e. The Hall–Kier alpha value is -2.66. The van der Waals surface area contributed by atoms with Crippen molar-refractivity contribution in [1.82, 2.24) is 10.2 Å². The molecule has 0 saturated carbocycles. The van der Waals surface area contributed by atoms with Crippen LogP contribution in [0.15, 0.2) is 59.8 Å². The topological polar surface area (TPSA) is 41.6 Å². The van der Waals surface area contributed by atoms with Crippen molar-refractivity contribution < 1.29 is 9.53 Å². The van der Waals surface area contributed by atoms with Gasteiger partial charge in [-0.05, 0) is 67.4 Å². The summed E-state index contributed by atoms with van der Waals surface area (Å²) in [6.45, 7) is 2.04. The molecule has 0 aromatic heterocycles. The van der Waals surface area contributed by atoms with E-state index in [1.165, 1.54) is 0 Å². The van der Waals surface area contributed by atoms with Gasteiger partial charge in [-0.3, -0.25) is 4.79 Å². The van der Waals surface area contributed by atoms with Crippen LogP contribution in [0.1, 0.15) is 36.4 Å². The van der Waals surface area contributed by atoms with Gasteiger partial charge in [0.2, 0.25) is 0 Å². The van der Waals surface area contributed by atoms with Gasteiger partial charge in [-0.25, -0.2) is 0 Å². The highest BCUT2D eigenvalue weighted by Crippen LogP contribution is 2.37. The number of nitrogens with zero attached hydrogens (tertiary/aromatic N) is 1. The van der Waals surface area contributed by atoms with E-state index < -0.39 is 0 Å². The number of rotatable bonds is 3. The van der Waals surface area contributed by atoms with Crippen molar-refractivity contribution >= 4 is 23.1 Å². The van der Waals surface area contributed by atoms with Gasteiger partial charge in [0.1, 0.15) is 11.5 Å². The number of Topliss-reactive ketones (excluding diaryl/α,β-unsaturated/α-hetero) is 1. The highest BCUT2D eigenvalue weighted by molar-refractivity contribution is 7.80. The summed E-state index contributed by atoms with van der Waals surface area (Å²) in [7, 11) is 1.93. The molecule has 0 amide bonds. The van der Waals surface area contributed by atoms with Crippen molar-refractivity contribution in [2.75, 3.05) is 7.05 Å². The maximum atomic E-state index is 12.6. The van der Waals surface area contributed by atoms with Gasteiger partial charge in [-0.15, -0.1) is 0 Å². The summed E-state index contributed by atoms with van der Waals surface area (Å²) < 4.78 is 5.93. The van der Waals surface area contributed by atoms with Crippen LogP contribution in [-0.4, -0.2) is 22.8 Å². The lowest BCUT2D eigenvalue weighted by Gasteiger charge is -2.39. The van der Waals surface area contributed by atoms with Gasteiger partial charge in [0.15, 0.2) is 10.9 Å². The van der Waals surface area contributed by atoms with E-state index in [4.69, 9.17) is 17.0 Å². The molecular weight excluding hydrogens is 356 g/mol. The second kappa shape index (κ2) is 7.16. The van der Waals surface area contributed by atoms with Crippen LogP contribution in [-0.2, 0) is 4.79 Å². The molecule has 2 aromatic carbocycles. The average molecular weight is 378 g/mol. The maximum Gasteiger partial charge on any atom is 0.173 e. The Balaban J connectivity index is 1.62. The van der Waals surface area contributed by atoms with E-state index in [0.717, 1.165) is 46.7 Å². The number of hydrogen-bond donors (Lipinski definition) is 1. The van der Waals surface area contributed by atoms with Crippen LogP contribution in [0.3, 0.4) is 0 Å². The first-order valence-electron chi connectivity index (χ1n) is 9.18. The Morgan fingerprint density at radius 1 is 1.11 bits per heavy atom. The lowest BCUT2D eigenvalue weighted by atomic mass is 9.85. The fourth-order valence-corrected chi connectivity index (χ4v) is 3.96. The number of allylic oxidation sites excluding steroid dienone is 1. The first kappa shape index (κ1) is 17.7. The molecule has 2 aromatic rings. The van der Waals surface area contributed by atoms with Gasteiger partial charge in [0, 0.05) is 24.7 Å². The van der Waals surface area contributed by atoms with Crippen LogP contribution in [0.25, 0.3) is 0 Å². The molecule has 0 bridgehead atoms. The van der Waals surface area contributed by atoms with Gasteiger partial charge in [0.25, 0.3) is 0 Å². The number of aryl methyl sites for hydroxylation is 1. The molecule has 138 valence electrons. The molecule has 1 aliphatic carbocycles. The maximum absolute atomic E-state index is 12.6. The van der Waals surface area contributed by atoms with E-state index >= 15 is 0 Å². The van der Waals surface area contributed by atoms with Gasteiger partial charge in [-0.1, -0.05) is 24.3 Å². The minimum atomic E-state index is -0.190. The van der Waals surface area contributed by atoms with Crippen molar-refractivity contribution in [2.24, 2.45) is 0 Å². The molecule has 0 radical (unpaired) electrons. The molecule has 5 heteroatoms. The van der Waals surface area contributed by atoms with Crippen molar-refractivity contribution in [3.05, 3.63) is 70.9 Å². The Morgan fingerprint density at radius 3 is 2.63 bits per heavy atom. The number of ketones is 1. The van der Waals surface area contributed by atoms with E-state index in [0.29, 0.717) is 11.5 Å². The smallest absolute Gasteiger partial charge is 0.173 e. The number of nitrogens with one attached hydrogen (secondary N) is 1. The molecule has 4 rings (SSSR count). The van der Waals surface area contributed by atoms with E-state index in [-0.39, 0.29) is 11.8 Å². The van der Waals surface area contributed by atoms with Crippen molar-refractivity contribution in [2.45, 2.75) is 32.2 Å². The zero-order chi connectivity index (χ0) is 19.0. The van der Waals surface area contributed by atoms with Gasteiger partial charge in [-0.2, -0.15) is 0 Å². The molecule has 1 N–H and O–H groups in total. The van der Waals surface area contributed by atoms with Gasteiger partial charge < -0.3 is 15.0 Å². The van der Waals surface area contributed by atoms with Crippen LogP contribution in [0.4, 0.5) is 0 Å². The highest BCUT2D eigenvalue weighted by atomic mass is 32.1. The highest BCUT2D eigenvalue weighted by Gasteiger charge is 2.35. The molecule has 0 saturated heterocycles. The lowest BCUT2D eigenvalue weighted by molar-refractivity contribution is -0.116. The normalized spacial score (nSPS) is 19.6. The molecule has 27 heavy (non-hydrogen) atoms. The second-order valence-corrected chi connectivity index (χ2v) is 7.45. The zero-order valence-electron chi connectivity index (χ0n) is 15.5. The number of carbonyl (C=O) groups is 1. The molecule has 0 fully saturated rings. The third-order valence-electron chi connectivity index (χ3n) is 5.13. The summed E-state index contributed by atoms with van der Waals surface area (Å²) in [5, 5.41) is 3.99. The minimum Gasteiger partial charge on any atom is -0.457 e. The van der Waals surface area contributed by atoms with E-state index in [1.54, 1.807) is 0 Å². The minimum absolute atomic E-state index is 0.190. The number of carbonyl (C=O) groups excluding carboxylic acids is 1. The van der Waals surface area contributed by atoms with E-state index in [2.05, 4.69) is 5.32 Å². The SMILES string of the molecule is Cc1cccc(Oc2ccc(C3NC(=S)N(C)C4=C3C(=O)CCC4)cc2)c1. The zero-order valence-corrected chi connectivity index (χ0v) is 16.3. The van der Waals surface area contributed by atoms with Gasteiger partial charge in [0.05, 0.1) is 6.04 Å². The average Bonchev–Trinajstić information content (AvgIpc) is 2.66. The first-order valence-corrected chi connectivity index (χ1v) is 9.59. The monoisotopic (exact) mass is 378 g/mol. The van der Waals surface area contributed by atoms with Crippen molar-refractivity contribution in [3.8, 4) is 11.5 Å². The summed E-state index contributed by atoms with van der Waals surface area (Å²) in [4.78, 5) is 14.5. The fraction of sp³-hybridized carbons (Fsp3) is 0.273. The molecule has 1 heterocycles. The summed E-state index contributed by atoms with van der Waals surface area (Å²) >= 11 is 5.48. The van der Waals surface area contributed by atoms with Crippen molar-refractivity contribution in [3.63, 3.8) is 0 Å². The predicted octanol–water partition coefficient (Wildman–Crippen LogP) is 4.66. The Morgan fingerprint density at radius 2 is 1.89 bits per heavy atom. The lowest BCUT2D eigenvalue weighted by Crippen LogP contribution is -2.47. The standard InChI is InChI=1S/C22H22N2O2S/c1-14-5-3-6-17(13-14)26-16-11-9-15(10-12-16)21-20-18(7-4-8-19(20)25)24(2)22(27)23-21/h3,5-6,9-13,21H,4,7-8H2,1-2H3,(H,23,27). The third kappa shape index (κ3) is 3.47. The number of thiocarbonyl (C=S) groups is 1. The molecule has 0 spiro atoms. The molecule has 1 aliphatic heterocycles. The molecule has 2 aliphatic rings. The number of hydrogen-bond acceptors (Lipinski definition) is 3. The second-order valence-electron chi connectivity index (χ2n) is 7.07. The van der Waals surface area contributed by atoms with E-state index in [9.17, 15) is 4.79 Å². The number of ether oxygens (including phenoxy) is 1. The molecule has 1 atom stereocenters. The Kier molecular flexibility index (Phi) is 4.70.